The van der Waals surface area contributed by atoms with E-state index < -0.39 is 12.6 Å². The Morgan fingerprint density at radius 3 is 2.46 bits per heavy atom. The van der Waals surface area contributed by atoms with Crippen molar-refractivity contribution >= 4 is 17.7 Å². The number of ether oxygens (including phenoxy) is 2. The molecule has 1 fully saturated rings. The number of benzene rings is 1. The lowest BCUT2D eigenvalue weighted by Crippen LogP contribution is -2.36. The third-order valence-electron chi connectivity index (χ3n) is 3.95. The number of piperidine rings is 1. The lowest BCUT2D eigenvalue weighted by molar-refractivity contribution is -0.139. The first-order chi connectivity index (χ1) is 12.5. The number of ketones is 1. The molecule has 3 N–H and O–H groups in total. The third-order valence-corrected chi connectivity index (χ3v) is 3.95. The Labute approximate surface area is 151 Å². The summed E-state index contributed by atoms with van der Waals surface area (Å²) in [5.74, 6) is -1.03. The zero-order valence-electron chi connectivity index (χ0n) is 14.5. The molecule has 0 saturated carbocycles. The highest BCUT2D eigenvalue weighted by Crippen LogP contribution is 2.13. The molecule has 1 amide bonds. The average molecular weight is 364 g/mol. The van der Waals surface area contributed by atoms with Crippen molar-refractivity contribution in [1.82, 2.24) is 10.6 Å². The minimum atomic E-state index is -1.06. The molecule has 26 heavy (non-hydrogen) atoms. The number of hydrogen-bond donors (Lipinski definition) is 3. The van der Waals surface area contributed by atoms with Gasteiger partial charge in [-0.25, -0.2) is 4.79 Å². The van der Waals surface area contributed by atoms with Gasteiger partial charge < -0.3 is 25.2 Å². The Kier molecular flexibility index (Phi) is 8.04. The molecule has 0 atom stereocenters. The van der Waals surface area contributed by atoms with Crippen LogP contribution in [0.1, 0.15) is 29.6 Å². The summed E-state index contributed by atoms with van der Waals surface area (Å²) in [4.78, 5) is 34.3. The minimum absolute atomic E-state index is 0.00840. The quantitative estimate of drug-likeness (QED) is 0.521. The molecule has 0 spiro atoms. The predicted molar refractivity (Wildman–Crippen MR) is 93.4 cm³/mol. The molecule has 1 aliphatic heterocycles. The van der Waals surface area contributed by atoms with Gasteiger partial charge in [-0.3, -0.25) is 9.59 Å². The summed E-state index contributed by atoms with van der Waals surface area (Å²) in [6, 6.07) is 6.23. The lowest BCUT2D eigenvalue weighted by Gasteiger charge is -2.22. The van der Waals surface area contributed by atoms with Gasteiger partial charge in [-0.1, -0.05) is 0 Å². The number of aliphatic carboxylic acids is 1. The summed E-state index contributed by atoms with van der Waals surface area (Å²) < 4.78 is 10.6. The number of Topliss-reactive ketones (excluding diaryl/α,β-unsaturated/α-hetero) is 1. The maximum atomic E-state index is 12.1. The van der Waals surface area contributed by atoms with Crippen molar-refractivity contribution in [1.29, 1.82) is 0 Å². The molecule has 8 heteroatoms. The predicted octanol–water partition coefficient (Wildman–Crippen LogP) is 0.608. The Bertz CT molecular complexity index is 611. The first-order valence-electron chi connectivity index (χ1n) is 8.61. The maximum absolute atomic E-state index is 12.1. The Balaban J connectivity index is 1.64. The molecule has 0 radical (unpaired) electrons. The van der Waals surface area contributed by atoms with E-state index in [0.717, 1.165) is 25.9 Å². The normalized spacial score (nSPS) is 14.6. The summed E-state index contributed by atoms with van der Waals surface area (Å²) in [5.41, 5.74) is 0.480. The van der Waals surface area contributed by atoms with Gasteiger partial charge in [-0.05, 0) is 50.2 Å². The number of nitrogens with one attached hydrogen (secondary N) is 2. The zero-order chi connectivity index (χ0) is 18.8. The second-order valence-corrected chi connectivity index (χ2v) is 5.99. The van der Waals surface area contributed by atoms with Crippen molar-refractivity contribution in [2.75, 3.05) is 32.8 Å². The van der Waals surface area contributed by atoms with Crippen LogP contribution in [0.3, 0.4) is 0 Å². The van der Waals surface area contributed by atoms with Gasteiger partial charge in [-0.2, -0.15) is 0 Å². The van der Waals surface area contributed by atoms with E-state index in [2.05, 4.69) is 10.6 Å². The van der Waals surface area contributed by atoms with Crippen molar-refractivity contribution < 1.29 is 29.0 Å². The van der Waals surface area contributed by atoms with Crippen LogP contribution in [0.15, 0.2) is 24.3 Å². The highest BCUT2D eigenvalue weighted by atomic mass is 16.5. The van der Waals surface area contributed by atoms with Crippen LogP contribution in [0.4, 0.5) is 0 Å². The zero-order valence-corrected chi connectivity index (χ0v) is 14.5. The van der Waals surface area contributed by atoms with Gasteiger partial charge in [0.05, 0.1) is 6.10 Å². The smallest absolute Gasteiger partial charge is 0.341 e. The largest absolute Gasteiger partial charge is 0.482 e. The van der Waals surface area contributed by atoms with Gasteiger partial charge in [-0.15, -0.1) is 0 Å². The molecule has 0 aliphatic carbocycles. The summed E-state index contributed by atoms with van der Waals surface area (Å²) in [6.45, 7) is 1.62. The molecule has 1 aromatic carbocycles. The van der Waals surface area contributed by atoms with E-state index in [-0.39, 0.29) is 37.4 Å². The molecule has 8 nitrogen and oxygen atoms in total. The number of amides is 1. The molecule has 0 unspecified atom stereocenters. The first-order valence-corrected chi connectivity index (χ1v) is 8.61. The second kappa shape index (κ2) is 10.5. The molecule has 1 heterocycles. The molecule has 1 aliphatic rings. The van der Waals surface area contributed by atoms with Crippen LogP contribution in [0.2, 0.25) is 0 Å². The molecule has 0 aromatic heterocycles. The molecule has 1 saturated heterocycles. The Morgan fingerprint density at radius 2 is 1.81 bits per heavy atom. The highest BCUT2D eigenvalue weighted by Gasteiger charge is 2.15. The molecule has 0 bridgehead atoms. The fourth-order valence-corrected chi connectivity index (χ4v) is 2.55. The topological polar surface area (TPSA) is 114 Å². The van der Waals surface area contributed by atoms with E-state index in [9.17, 15) is 14.4 Å². The number of carbonyl (C=O) groups is 3. The highest BCUT2D eigenvalue weighted by molar-refractivity contribution is 5.96. The van der Waals surface area contributed by atoms with Crippen LogP contribution in [-0.4, -0.2) is 61.7 Å². The van der Waals surface area contributed by atoms with E-state index in [0.29, 0.717) is 11.3 Å². The van der Waals surface area contributed by atoms with Gasteiger partial charge in [0, 0.05) is 18.5 Å². The molecular weight excluding hydrogens is 340 g/mol. The minimum Gasteiger partial charge on any atom is -0.482 e. The van der Waals surface area contributed by atoms with Gasteiger partial charge in [0.25, 0.3) is 0 Å². The lowest BCUT2D eigenvalue weighted by atomic mass is 10.1. The van der Waals surface area contributed by atoms with Gasteiger partial charge in [0.1, 0.15) is 12.4 Å². The van der Waals surface area contributed by atoms with Crippen molar-refractivity contribution in [3.63, 3.8) is 0 Å². The monoisotopic (exact) mass is 364 g/mol. The van der Waals surface area contributed by atoms with Gasteiger partial charge >= 0.3 is 5.97 Å². The first kappa shape index (κ1) is 19.9. The van der Waals surface area contributed by atoms with Crippen molar-refractivity contribution in [3.05, 3.63) is 29.8 Å². The fourth-order valence-electron chi connectivity index (χ4n) is 2.55. The second-order valence-electron chi connectivity index (χ2n) is 5.99. The average Bonchev–Trinajstić information content (AvgIpc) is 2.66. The van der Waals surface area contributed by atoms with Crippen molar-refractivity contribution in [3.8, 4) is 5.75 Å². The molecule has 142 valence electrons. The Hall–Kier alpha value is -2.45. The van der Waals surface area contributed by atoms with Crippen LogP contribution in [0.25, 0.3) is 0 Å². The van der Waals surface area contributed by atoms with Crippen molar-refractivity contribution in [2.45, 2.75) is 25.4 Å². The Morgan fingerprint density at radius 1 is 1.12 bits per heavy atom. The van der Waals surface area contributed by atoms with E-state index in [1.54, 1.807) is 24.3 Å². The number of carbonyl (C=O) groups excluding carboxylic acids is 2. The van der Waals surface area contributed by atoms with Gasteiger partial charge in [0.15, 0.2) is 12.4 Å². The number of rotatable bonds is 10. The van der Waals surface area contributed by atoms with E-state index >= 15 is 0 Å². The maximum Gasteiger partial charge on any atom is 0.341 e. The number of carboxylic acids is 1. The standard InChI is InChI=1S/C18H24N2O6/c21-16(13-1-3-14(4-2-13)26-12-18(23)24)7-10-20-17(22)11-25-15-5-8-19-9-6-15/h1-4,15,19H,5-12H2,(H,20,22)(H,23,24). The SMILES string of the molecule is O=C(O)COc1ccc(C(=O)CCNC(=O)COC2CCNCC2)cc1. The van der Waals surface area contributed by atoms with E-state index in [4.69, 9.17) is 14.6 Å². The summed E-state index contributed by atoms with van der Waals surface area (Å²) in [6.07, 6.45) is 2.09. The molecule has 2 rings (SSSR count). The summed E-state index contributed by atoms with van der Waals surface area (Å²) in [5, 5.41) is 14.5. The summed E-state index contributed by atoms with van der Waals surface area (Å²) >= 11 is 0. The van der Waals surface area contributed by atoms with Crippen LogP contribution in [-0.2, 0) is 14.3 Å². The fraction of sp³-hybridized carbons (Fsp3) is 0.500. The van der Waals surface area contributed by atoms with Crippen LogP contribution in [0, 0.1) is 0 Å². The van der Waals surface area contributed by atoms with Crippen LogP contribution >= 0.6 is 0 Å². The van der Waals surface area contributed by atoms with Crippen LogP contribution < -0.4 is 15.4 Å². The third kappa shape index (κ3) is 7.20. The van der Waals surface area contributed by atoms with Crippen LogP contribution in [0.5, 0.6) is 5.75 Å². The van der Waals surface area contributed by atoms with E-state index in [1.807, 2.05) is 0 Å². The number of carboxylic acid groups (broad SMARTS) is 1. The molecular formula is C18H24N2O6. The number of hydrogen-bond acceptors (Lipinski definition) is 6. The summed E-state index contributed by atoms with van der Waals surface area (Å²) in [7, 11) is 0. The van der Waals surface area contributed by atoms with Gasteiger partial charge in [0.2, 0.25) is 5.91 Å². The van der Waals surface area contributed by atoms with E-state index in [1.165, 1.54) is 0 Å². The molecule has 1 aromatic rings. The van der Waals surface area contributed by atoms with Crippen molar-refractivity contribution in [2.24, 2.45) is 0 Å².